The molecule has 2 aromatic rings. The average molecular weight is 392 g/mol. The number of amides is 1. The van der Waals surface area contributed by atoms with Gasteiger partial charge in [0.05, 0.1) is 5.69 Å². The van der Waals surface area contributed by atoms with E-state index in [0.717, 1.165) is 18.2 Å². The third kappa shape index (κ3) is 3.00. The lowest BCUT2D eigenvalue weighted by molar-refractivity contribution is -0.117. The average Bonchev–Trinajstić information content (AvgIpc) is 2.98. The lowest BCUT2D eigenvalue weighted by Gasteiger charge is -2.18. The van der Waals surface area contributed by atoms with Gasteiger partial charge in [0.25, 0.3) is 12.3 Å². The summed E-state index contributed by atoms with van der Waals surface area (Å²) in [6.45, 7) is -1.68. The van der Waals surface area contributed by atoms with Crippen LogP contribution in [0.1, 0.15) is 0 Å². The number of carbonyl (C=O) groups excluding carboxylic acids is 1. The van der Waals surface area contributed by atoms with Gasteiger partial charge >= 0.3 is 10.2 Å². The van der Waals surface area contributed by atoms with Gasteiger partial charge in [-0.2, -0.15) is 13.5 Å². The molecule has 1 aromatic heterocycles. The largest absolute Gasteiger partial charge is 0.506 e. The van der Waals surface area contributed by atoms with Crippen LogP contribution in [0, 0.1) is 5.82 Å². The van der Waals surface area contributed by atoms with Crippen LogP contribution < -0.4 is 9.03 Å². The van der Waals surface area contributed by atoms with Gasteiger partial charge in [0.15, 0.2) is 5.82 Å². The summed E-state index contributed by atoms with van der Waals surface area (Å²) in [5.41, 5.74) is -1.43. The summed E-state index contributed by atoms with van der Waals surface area (Å²) in [5, 5.41) is 23.1. The van der Waals surface area contributed by atoms with Crippen molar-refractivity contribution in [2.45, 2.75) is 13.0 Å². The van der Waals surface area contributed by atoms with Gasteiger partial charge in [0.2, 0.25) is 5.88 Å². The van der Waals surface area contributed by atoms with E-state index >= 15 is 0 Å². The first-order valence-electron chi connectivity index (χ1n) is 7.00. The molecule has 1 fully saturated rings. The summed E-state index contributed by atoms with van der Waals surface area (Å²) in [7, 11) is -4.39. The molecule has 13 heteroatoms. The quantitative estimate of drug-likeness (QED) is 0.698. The molecule has 0 spiro atoms. The molecule has 2 heterocycles. The highest BCUT2D eigenvalue weighted by molar-refractivity contribution is 7.92. The fraction of sp³-hybridized carbons (Fsp3) is 0.231. The van der Waals surface area contributed by atoms with E-state index in [1.54, 1.807) is 4.72 Å². The van der Waals surface area contributed by atoms with Crippen molar-refractivity contribution in [3.05, 3.63) is 24.0 Å². The first-order valence-corrected chi connectivity index (χ1v) is 8.44. The smallest absolute Gasteiger partial charge is 0.326 e. The minimum absolute atomic E-state index is 0.266. The molecule has 3 N–H and O–H groups in total. The normalized spacial score (nSPS) is 16.3. The van der Waals surface area contributed by atoms with Gasteiger partial charge in [-0.25, -0.2) is 26.9 Å². The number of alkyl halides is 2. The minimum Gasteiger partial charge on any atom is -0.506 e. The molecule has 0 bridgehead atoms. The van der Waals surface area contributed by atoms with E-state index < -0.39 is 58.8 Å². The molecule has 1 aromatic carbocycles. The topological polar surface area (TPSA) is 125 Å². The fourth-order valence-corrected chi connectivity index (χ4v) is 3.60. The van der Waals surface area contributed by atoms with Crippen LogP contribution in [-0.2, 0) is 21.5 Å². The van der Waals surface area contributed by atoms with Crippen molar-refractivity contribution in [2.75, 3.05) is 10.8 Å². The molecule has 0 saturated carbocycles. The van der Waals surface area contributed by atoms with E-state index in [0.29, 0.717) is 8.99 Å². The second-order valence-electron chi connectivity index (χ2n) is 5.29. The number of carbonyl (C=O) groups is 1. The van der Waals surface area contributed by atoms with Crippen LogP contribution in [0.15, 0.2) is 18.2 Å². The molecule has 1 aliphatic rings. The van der Waals surface area contributed by atoms with Crippen molar-refractivity contribution in [1.82, 2.24) is 14.5 Å². The van der Waals surface area contributed by atoms with Crippen molar-refractivity contribution in [3.8, 4) is 22.9 Å². The Bertz CT molecular complexity index is 992. The Labute approximate surface area is 144 Å². The van der Waals surface area contributed by atoms with Gasteiger partial charge in [0, 0.05) is 11.6 Å². The number of aromatic hydroxyl groups is 2. The lowest BCUT2D eigenvalue weighted by atomic mass is 10.1. The van der Waals surface area contributed by atoms with E-state index in [9.17, 15) is 36.6 Å². The van der Waals surface area contributed by atoms with Crippen molar-refractivity contribution in [2.24, 2.45) is 0 Å². The molecule has 1 aliphatic heterocycles. The van der Waals surface area contributed by atoms with Gasteiger partial charge in [-0.05, 0) is 12.1 Å². The van der Waals surface area contributed by atoms with Crippen LogP contribution in [0.4, 0.5) is 18.9 Å². The number of phenols is 1. The first kappa shape index (κ1) is 17.8. The van der Waals surface area contributed by atoms with Crippen LogP contribution in [0.3, 0.4) is 0 Å². The highest BCUT2D eigenvalue weighted by atomic mass is 32.2. The second kappa shape index (κ2) is 6.09. The number of hydrogen-bond acceptors (Lipinski definition) is 6. The Hall–Kier alpha value is -2.96. The highest BCUT2D eigenvalue weighted by Gasteiger charge is 2.38. The molecule has 0 unspecified atom stereocenters. The van der Waals surface area contributed by atoms with E-state index in [1.165, 1.54) is 0 Å². The number of benzene rings is 1. The molecule has 0 atom stereocenters. The monoisotopic (exact) mass is 392 g/mol. The van der Waals surface area contributed by atoms with Crippen LogP contribution in [0.5, 0.6) is 11.6 Å². The van der Waals surface area contributed by atoms with Crippen molar-refractivity contribution in [1.29, 1.82) is 0 Å². The van der Waals surface area contributed by atoms with Gasteiger partial charge in [0.1, 0.15) is 24.5 Å². The van der Waals surface area contributed by atoms with E-state index in [2.05, 4.69) is 5.10 Å². The number of hydrogen-bond donors (Lipinski definition) is 3. The van der Waals surface area contributed by atoms with Gasteiger partial charge in [-0.15, -0.1) is 0 Å². The molecular weight excluding hydrogens is 381 g/mol. The molecule has 9 nitrogen and oxygen atoms in total. The third-order valence-corrected chi connectivity index (χ3v) is 4.89. The zero-order valence-electron chi connectivity index (χ0n) is 12.7. The van der Waals surface area contributed by atoms with Gasteiger partial charge in [-0.1, -0.05) is 0 Å². The number of anilines is 1. The summed E-state index contributed by atoms with van der Waals surface area (Å²) in [5.74, 6) is -3.60. The molecule has 26 heavy (non-hydrogen) atoms. The van der Waals surface area contributed by atoms with Gasteiger partial charge < -0.3 is 10.2 Å². The lowest BCUT2D eigenvalue weighted by Crippen LogP contribution is -2.30. The minimum atomic E-state index is -4.39. The molecule has 140 valence electrons. The van der Waals surface area contributed by atoms with Crippen molar-refractivity contribution < 1.29 is 36.6 Å². The summed E-state index contributed by atoms with van der Waals surface area (Å²) >= 11 is 0. The van der Waals surface area contributed by atoms with E-state index in [4.69, 9.17) is 0 Å². The second-order valence-corrected chi connectivity index (χ2v) is 6.89. The number of nitrogens with one attached hydrogen (secondary N) is 1. The first-order chi connectivity index (χ1) is 12.1. The maximum Gasteiger partial charge on any atom is 0.326 e. The number of rotatable bonds is 4. The summed E-state index contributed by atoms with van der Waals surface area (Å²) < 4.78 is 66.0. The standard InChI is InChI=1S/C13H11F3N4O5S/c14-9(15)4-19-11(23)3-7(17-19)6-1-2-8(21)13(12(6)16)20-5-10(22)18-26(20,24)25/h1-3,9,21,23H,4-5H2,(H,18,22). The predicted octanol–water partition coefficient (Wildman–Crippen LogP) is 0.546. The molecule has 0 aliphatic carbocycles. The SMILES string of the molecule is O=C1CN(c2c(O)ccc(-c3cc(O)n(CC(F)F)n3)c2F)S(=O)(=O)N1. The maximum atomic E-state index is 14.9. The van der Waals surface area contributed by atoms with Gasteiger partial charge in [-0.3, -0.25) is 4.79 Å². The number of halogens is 3. The Morgan fingerprint density at radius 1 is 1.31 bits per heavy atom. The van der Waals surface area contributed by atoms with Crippen LogP contribution in [0.25, 0.3) is 11.3 Å². The molecule has 1 amide bonds. The summed E-state index contributed by atoms with van der Waals surface area (Å²) in [4.78, 5) is 11.3. The molecule has 0 radical (unpaired) electrons. The zero-order valence-corrected chi connectivity index (χ0v) is 13.5. The fourth-order valence-electron chi connectivity index (χ4n) is 2.44. The highest BCUT2D eigenvalue weighted by Crippen LogP contribution is 2.38. The molecular formula is C13H11F3N4O5S. The van der Waals surface area contributed by atoms with E-state index in [1.807, 2.05) is 0 Å². The van der Waals surface area contributed by atoms with Crippen molar-refractivity contribution in [3.63, 3.8) is 0 Å². The Balaban J connectivity index is 2.11. The summed E-state index contributed by atoms with van der Waals surface area (Å²) in [6, 6.07) is 2.89. The van der Waals surface area contributed by atoms with Crippen LogP contribution in [-0.4, -0.2) is 47.3 Å². The number of phenolic OH excluding ortho intramolecular Hbond substituents is 1. The third-order valence-electron chi connectivity index (χ3n) is 3.51. The molecule has 3 rings (SSSR count). The molecule has 1 saturated heterocycles. The van der Waals surface area contributed by atoms with Crippen LogP contribution in [0.2, 0.25) is 0 Å². The number of aromatic nitrogens is 2. The van der Waals surface area contributed by atoms with E-state index in [-0.39, 0.29) is 11.3 Å². The summed E-state index contributed by atoms with van der Waals surface area (Å²) in [6.07, 6.45) is -2.82. The Morgan fingerprint density at radius 3 is 2.58 bits per heavy atom. The zero-order chi connectivity index (χ0) is 19.2. The number of nitrogens with zero attached hydrogens (tertiary/aromatic N) is 3. The maximum absolute atomic E-state index is 14.9. The van der Waals surface area contributed by atoms with Crippen LogP contribution >= 0.6 is 0 Å². The Morgan fingerprint density at radius 2 is 2.00 bits per heavy atom. The Kier molecular flexibility index (Phi) is 4.18. The predicted molar refractivity (Wildman–Crippen MR) is 81.4 cm³/mol. The van der Waals surface area contributed by atoms with Crippen molar-refractivity contribution >= 4 is 21.8 Å².